The predicted octanol–water partition coefficient (Wildman–Crippen LogP) is 12.6. The molecule has 0 bridgehead atoms. The zero-order chi connectivity index (χ0) is 35.7. The van der Waals surface area contributed by atoms with E-state index >= 15 is 0 Å². The van der Waals surface area contributed by atoms with Crippen molar-refractivity contribution in [2.45, 2.75) is 189 Å². The van der Waals surface area contributed by atoms with Gasteiger partial charge in [-0.1, -0.05) is 175 Å². The number of carboxylic acids is 1. The zero-order valence-electron chi connectivity index (χ0n) is 34.5. The van der Waals surface area contributed by atoms with Gasteiger partial charge < -0.3 is 17.4 Å². The number of ether oxygens (including phenoxy) is 2. The van der Waals surface area contributed by atoms with E-state index in [1.54, 1.807) is 24.3 Å². The molecule has 1 aromatic rings. The maximum atomic E-state index is 12.4. The van der Waals surface area contributed by atoms with E-state index in [4.69, 9.17) is 14.6 Å². The Morgan fingerprint density at radius 3 is 1.20 bits per heavy atom. The quantitative estimate of drug-likeness (QED) is 0.0473. The molecule has 0 aromatic heterocycles. The molecular weight excluding hydrogens is 738 g/mol. The summed E-state index contributed by atoms with van der Waals surface area (Å²) in [4.78, 5) is 35.1. The van der Waals surface area contributed by atoms with Crippen molar-refractivity contribution in [3.05, 3.63) is 35.4 Å². The average molecular weight is 814 g/mol. The number of unbranched alkanes of at least 4 members (excludes halogenated alkanes) is 18. The second-order valence-corrected chi connectivity index (χ2v) is 14.4. The van der Waals surface area contributed by atoms with Crippen LogP contribution in [-0.4, -0.2) is 85.1 Å². The van der Waals surface area contributed by atoms with Crippen molar-refractivity contribution in [1.82, 2.24) is 0 Å². The molecular formula is C42H76BaO6. The molecule has 0 saturated heterocycles. The Kier molecular flexibility index (Phi) is 38.0. The van der Waals surface area contributed by atoms with Gasteiger partial charge in [0.1, 0.15) is 0 Å². The number of carboxylic acid groups (broad SMARTS) is 1. The van der Waals surface area contributed by atoms with Gasteiger partial charge in [0.15, 0.2) is 0 Å². The van der Waals surface area contributed by atoms with Crippen LogP contribution in [0.3, 0.4) is 0 Å². The predicted molar refractivity (Wildman–Crippen MR) is 209 cm³/mol. The third-order valence-electron chi connectivity index (χ3n) is 8.68. The van der Waals surface area contributed by atoms with E-state index in [9.17, 15) is 14.4 Å². The van der Waals surface area contributed by atoms with Crippen molar-refractivity contribution in [2.24, 2.45) is 11.8 Å². The fraction of sp³-hybridized carbons (Fsp3) is 0.786. The minimum absolute atomic E-state index is 0. The number of hydrogen-bond acceptors (Lipinski definition) is 5. The number of esters is 2. The molecule has 0 aliphatic heterocycles. The first-order chi connectivity index (χ1) is 23.2. The first-order valence-electron chi connectivity index (χ1n) is 19.8. The number of aliphatic carboxylic acids is 1. The molecule has 0 fully saturated rings. The van der Waals surface area contributed by atoms with Crippen LogP contribution in [0.25, 0.3) is 0 Å². The third kappa shape index (κ3) is 34.1. The molecule has 0 aliphatic carbocycles. The molecule has 0 amide bonds. The molecule has 0 heterocycles. The van der Waals surface area contributed by atoms with Crippen molar-refractivity contribution in [3.63, 3.8) is 0 Å². The van der Waals surface area contributed by atoms with Crippen molar-refractivity contribution < 1.29 is 31.8 Å². The molecule has 49 heavy (non-hydrogen) atoms. The number of carbonyl (C=O) groups excluding carboxylic acids is 2. The Bertz CT molecular complexity index is 877. The van der Waals surface area contributed by atoms with Gasteiger partial charge in [0.25, 0.3) is 0 Å². The summed E-state index contributed by atoms with van der Waals surface area (Å²) < 4.78 is 10.7. The van der Waals surface area contributed by atoms with Gasteiger partial charge >= 0.3 is 66.8 Å². The van der Waals surface area contributed by atoms with Crippen molar-refractivity contribution in [2.75, 3.05) is 13.2 Å². The fourth-order valence-corrected chi connectivity index (χ4v) is 5.63. The standard InChI is InChI=1S/C24H38O4.C18H36O2.Ba.2H/c1-19(2)13-7-5-11-17-27-23(25)21-15-9-10-16-22(21)24(26)28-18-12-6-8-14-20(3)4;1-2-3-4-5-6-7-8-9-10-11-12-13-14-15-16-17-18(19)20;;;/h9-10,15-16,19-20H,5-8,11-14,17-18H2,1-4H3;2-17H2,1H3,(H,19,20);;;/q;;+2;2*-1. The average Bonchev–Trinajstić information content (AvgIpc) is 3.05. The monoisotopic (exact) mass is 814 g/mol. The van der Waals surface area contributed by atoms with Crippen LogP contribution < -0.4 is 0 Å². The first-order valence-corrected chi connectivity index (χ1v) is 19.8. The smallest absolute Gasteiger partial charge is 1.00 e. The van der Waals surface area contributed by atoms with Crippen molar-refractivity contribution in [3.8, 4) is 0 Å². The summed E-state index contributed by atoms with van der Waals surface area (Å²) in [6.45, 7) is 11.9. The van der Waals surface area contributed by atoms with Gasteiger partial charge in [-0.05, 0) is 43.2 Å². The summed E-state index contributed by atoms with van der Waals surface area (Å²) in [5.41, 5.74) is 0.573. The van der Waals surface area contributed by atoms with Gasteiger partial charge in [0, 0.05) is 6.42 Å². The molecule has 1 aromatic carbocycles. The van der Waals surface area contributed by atoms with Crippen molar-refractivity contribution in [1.29, 1.82) is 0 Å². The van der Waals surface area contributed by atoms with Gasteiger partial charge in [0.05, 0.1) is 24.3 Å². The molecule has 0 atom stereocenters. The SMILES string of the molecule is CC(C)CCCCCOC(=O)c1ccccc1C(=O)OCCCCCC(C)C.CCCCCCCCCCCCCCCCCC(=O)O.[Ba+2].[H-].[H-]. The Hall–Kier alpha value is -0.799. The number of rotatable bonds is 30. The van der Waals surface area contributed by atoms with Crippen LogP contribution in [0.15, 0.2) is 24.3 Å². The minimum atomic E-state index is -0.653. The summed E-state index contributed by atoms with van der Waals surface area (Å²) in [5.74, 6) is -0.146. The first kappa shape index (κ1) is 50.3. The van der Waals surface area contributed by atoms with Crippen LogP contribution in [0.1, 0.15) is 212 Å². The second-order valence-electron chi connectivity index (χ2n) is 14.4. The van der Waals surface area contributed by atoms with E-state index in [2.05, 4.69) is 34.6 Å². The molecule has 0 unspecified atom stereocenters. The Morgan fingerprint density at radius 1 is 0.551 bits per heavy atom. The molecule has 282 valence electrons. The van der Waals surface area contributed by atoms with E-state index in [1.165, 1.54) is 96.3 Å². The maximum absolute atomic E-state index is 12.4. The Morgan fingerprint density at radius 2 is 0.878 bits per heavy atom. The molecule has 1 N–H and O–H groups in total. The van der Waals surface area contributed by atoms with Gasteiger partial charge in [-0.3, -0.25) is 4.79 Å². The minimum Gasteiger partial charge on any atom is -1.00 e. The van der Waals surface area contributed by atoms with Gasteiger partial charge in [0.2, 0.25) is 0 Å². The van der Waals surface area contributed by atoms with Crippen LogP contribution in [0.2, 0.25) is 0 Å². The van der Waals surface area contributed by atoms with Gasteiger partial charge in [-0.25, -0.2) is 9.59 Å². The number of carbonyl (C=O) groups is 3. The summed E-state index contributed by atoms with van der Waals surface area (Å²) >= 11 is 0. The van der Waals surface area contributed by atoms with Crippen molar-refractivity contribution >= 4 is 66.8 Å². The molecule has 0 aliphatic rings. The second kappa shape index (κ2) is 37.0. The van der Waals surface area contributed by atoms with E-state index in [0.717, 1.165) is 51.4 Å². The van der Waals surface area contributed by atoms with E-state index in [1.807, 2.05) is 0 Å². The van der Waals surface area contributed by atoms with Gasteiger partial charge in [-0.2, -0.15) is 0 Å². The summed E-state index contributed by atoms with van der Waals surface area (Å²) in [7, 11) is 0. The number of benzene rings is 1. The van der Waals surface area contributed by atoms with Crippen LogP contribution in [-0.2, 0) is 14.3 Å². The normalized spacial score (nSPS) is 10.8. The van der Waals surface area contributed by atoms with E-state index in [0.29, 0.717) is 31.5 Å². The maximum Gasteiger partial charge on any atom is 2.00 e. The Labute approximate surface area is 345 Å². The zero-order valence-corrected chi connectivity index (χ0v) is 37.0. The van der Waals surface area contributed by atoms with Gasteiger partial charge in [-0.15, -0.1) is 0 Å². The molecule has 0 saturated carbocycles. The Balaban J connectivity index is -0.000000430. The summed E-state index contributed by atoms with van der Waals surface area (Å²) in [5, 5.41) is 8.52. The largest absolute Gasteiger partial charge is 2.00 e. The molecule has 1 rings (SSSR count). The molecule has 0 radical (unpaired) electrons. The van der Waals surface area contributed by atoms with Crippen LogP contribution >= 0.6 is 0 Å². The number of hydrogen-bond donors (Lipinski definition) is 1. The third-order valence-corrected chi connectivity index (χ3v) is 8.68. The summed E-state index contributed by atoms with van der Waals surface area (Å²) in [6, 6.07) is 6.73. The van der Waals surface area contributed by atoms with Crippen LogP contribution in [0, 0.1) is 11.8 Å². The molecule has 6 nitrogen and oxygen atoms in total. The molecule has 0 spiro atoms. The summed E-state index contributed by atoms with van der Waals surface area (Å²) in [6.07, 6.45) is 28.7. The van der Waals surface area contributed by atoms with E-state index in [-0.39, 0.29) is 62.9 Å². The topological polar surface area (TPSA) is 89.9 Å². The fourth-order valence-electron chi connectivity index (χ4n) is 5.63. The molecule has 7 heteroatoms. The van der Waals surface area contributed by atoms with E-state index < -0.39 is 17.9 Å². The van der Waals surface area contributed by atoms with Crippen LogP contribution in [0.4, 0.5) is 0 Å². The van der Waals surface area contributed by atoms with Crippen LogP contribution in [0.5, 0.6) is 0 Å².